The largest absolute Gasteiger partial charge is 0.481 e. The number of aliphatic carboxylic acids is 1. The Bertz CT molecular complexity index is 362. The summed E-state index contributed by atoms with van der Waals surface area (Å²) < 4.78 is 0. The second-order valence-corrected chi connectivity index (χ2v) is 4.61. The summed E-state index contributed by atoms with van der Waals surface area (Å²) in [6.07, 6.45) is -0.622. The highest BCUT2D eigenvalue weighted by Crippen LogP contribution is 2.24. The third kappa shape index (κ3) is 4.17. The lowest BCUT2D eigenvalue weighted by atomic mass is 9.91. The van der Waals surface area contributed by atoms with Crippen LogP contribution in [-0.4, -0.2) is 28.3 Å². The first-order valence-corrected chi connectivity index (χ1v) is 5.63. The van der Waals surface area contributed by atoms with E-state index in [0.717, 1.165) is 5.56 Å². The molecule has 1 aromatic carbocycles. The summed E-state index contributed by atoms with van der Waals surface area (Å²) in [6.45, 7) is 4.05. The molecular formula is C13H19NO3. The molecule has 94 valence electrons. The number of carbonyl (C=O) groups is 1. The minimum Gasteiger partial charge on any atom is -0.481 e. The normalized spacial score (nSPS) is 13.4. The molecule has 1 unspecified atom stereocenters. The molecule has 4 nitrogen and oxygen atoms in total. The summed E-state index contributed by atoms with van der Waals surface area (Å²) in [5, 5.41) is 21.8. The fourth-order valence-electron chi connectivity index (χ4n) is 1.64. The van der Waals surface area contributed by atoms with Gasteiger partial charge in [0.2, 0.25) is 0 Å². The average Bonchev–Trinajstić information content (AvgIpc) is 2.28. The molecule has 0 amide bonds. The van der Waals surface area contributed by atoms with Crippen LogP contribution in [0.15, 0.2) is 30.3 Å². The molecule has 0 saturated heterocycles. The van der Waals surface area contributed by atoms with Crippen LogP contribution in [0.3, 0.4) is 0 Å². The molecule has 0 radical (unpaired) electrons. The molecular weight excluding hydrogens is 218 g/mol. The van der Waals surface area contributed by atoms with Gasteiger partial charge in [-0.05, 0) is 19.4 Å². The number of hydrogen-bond acceptors (Lipinski definition) is 3. The Morgan fingerprint density at radius 3 is 2.47 bits per heavy atom. The van der Waals surface area contributed by atoms with Crippen molar-refractivity contribution in [2.45, 2.75) is 31.9 Å². The Balaban J connectivity index is 2.60. The lowest BCUT2D eigenvalue weighted by molar-refractivity contribution is -0.137. The molecule has 1 rings (SSSR count). The number of carboxylic acids is 1. The SMILES string of the molecule is CC(C)(NCCC(=O)O)C(O)c1ccccc1. The van der Waals surface area contributed by atoms with E-state index in [0.29, 0.717) is 6.54 Å². The predicted molar refractivity (Wildman–Crippen MR) is 65.7 cm³/mol. The van der Waals surface area contributed by atoms with E-state index in [2.05, 4.69) is 5.32 Å². The van der Waals surface area contributed by atoms with Gasteiger partial charge in [-0.25, -0.2) is 0 Å². The Labute approximate surface area is 101 Å². The topological polar surface area (TPSA) is 69.6 Å². The monoisotopic (exact) mass is 237 g/mol. The highest BCUT2D eigenvalue weighted by Gasteiger charge is 2.28. The smallest absolute Gasteiger partial charge is 0.304 e. The van der Waals surface area contributed by atoms with E-state index in [9.17, 15) is 9.90 Å². The third-order valence-corrected chi connectivity index (χ3v) is 2.72. The van der Waals surface area contributed by atoms with Crippen molar-refractivity contribution in [1.82, 2.24) is 5.32 Å². The molecule has 0 aliphatic rings. The quantitative estimate of drug-likeness (QED) is 0.702. The van der Waals surface area contributed by atoms with Gasteiger partial charge in [-0.15, -0.1) is 0 Å². The van der Waals surface area contributed by atoms with Gasteiger partial charge in [0.25, 0.3) is 0 Å². The Morgan fingerprint density at radius 2 is 1.94 bits per heavy atom. The average molecular weight is 237 g/mol. The minimum atomic E-state index is -0.845. The van der Waals surface area contributed by atoms with E-state index in [1.54, 1.807) is 0 Å². The molecule has 0 aromatic heterocycles. The maximum Gasteiger partial charge on any atom is 0.304 e. The van der Waals surface area contributed by atoms with Crippen LogP contribution in [0.2, 0.25) is 0 Å². The van der Waals surface area contributed by atoms with Gasteiger partial charge in [-0.2, -0.15) is 0 Å². The maximum absolute atomic E-state index is 10.4. The van der Waals surface area contributed by atoms with E-state index in [1.165, 1.54) is 0 Å². The second kappa shape index (κ2) is 5.80. The van der Waals surface area contributed by atoms with Crippen molar-refractivity contribution in [1.29, 1.82) is 0 Å². The van der Waals surface area contributed by atoms with Gasteiger partial charge in [-0.1, -0.05) is 30.3 Å². The predicted octanol–water partition coefficient (Wildman–Crippen LogP) is 1.56. The van der Waals surface area contributed by atoms with E-state index < -0.39 is 17.6 Å². The van der Waals surface area contributed by atoms with Crippen molar-refractivity contribution in [2.24, 2.45) is 0 Å². The zero-order chi connectivity index (χ0) is 12.9. The molecule has 0 bridgehead atoms. The van der Waals surface area contributed by atoms with Gasteiger partial charge in [-0.3, -0.25) is 4.79 Å². The zero-order valence-electron chi connectivity index (χ0n) is 10.2. The number of hydrogen-bond donors (Lipinski definition) is 3. The van der Waals surface area contributed by atoms with Crippen molar-refractivity contribution in [3.05, 3.63) is 35.9 Å². The molecule has 0 fully saturated rings. The molecule has 1 aromatic rings. The van der Waals surface area contributed by atoms with Gasteiger partial charge in [0.15, 0.2) is 0 Å². The fourth-order valence-corrected chi connectivity index (χ4v) is 1.64. The van der Waals surface area contributed by atoms with E-state index in [-0.39, 0.29) is 6.42 Å². The first-order valence-electron chi connectivity index (χ1n) is 5.63. The first kappa shape index (κ1) is 13.7. The summed E-state index contributed by atoms with van der Waals surface area (Å²) in [5.41, 5.74) is 0.261. The van der Waals surface area contributed by atoms with E-state index >= 15 is 0 Å². The van der Waals surface area contributed by atoms with Crippen LogP contribution >= 0.6 is 0 Å². The van der Waals surface area contributed by atoms with Crippen LogP contribution in [0.1, 0.15) is 31.9 Å². The molecule has 3 N–H and O–H groups in total. The summed E-state index contributed by atoms with van der Waals surface area (Å²) >= 11 is 0. The van der Waals surface area contributed by atoms with E-state index in [4.69, 9.17) is 5.11 Å². The standard InChI is InChI=1S/C13H19NO3/c1-13(2,14-9-8-11(15)16)12(17)10-6-4-3-5-7-10/h3-7,12,14,17H,8-9H2,1-2H3,(H,15,16). The molecule has 0 saturated carbocycles. The highest BCUT2D eigenvalue weighted by atomic mass is 16.4. The van der Waals surface area contributed by atoms with Crippen LogP contribution < -0.4 is 5.32 Å². The van der Waals surface area contributed by atoms with Crippen molar-refractivity contribution in [3.63, 3.8) is 0 Å². The summed E-state index contributed by atoms with van der Waals surface area (Å²) in [4.78, 5) is 10.4. The van der Waals surface area contributed by atoms with Crippen LogP contribution in [0, 0.1) is 0 Å². The van der Waals surface area contributed by atoms with Crippen LogP contribution in [0.5, 0.6) is 0 Å². The van der Waals surface area contributed by atoms with Crippen molar-refractivity contribution < 1.29 is 15.0 Å². The molecule has 17 heavy (non-hydrogen) atoms. The number of benzene rings is 1. The van der Waals surface area contributed by atoms with Crippen LogP contribution in [0.4, 0.5) is 0 Å². The lowest BCUT2D eigenvalue weighted by Gasteiger charge is -2.32. The van der Waals surface area contributed by atoms with Gasteiger partial charge in [0.05, 0.1) is 12.5 Å². The fraction of sp³-hybridized carbons (Fsp3) is 0.462. The number of aliphatic hydroxyl groups excluding tert-OH is 1. The van der Waals surface area contributed by atoms with Gasteiger partial charge < -0.3 is 15.5 Å². The second-order valence-electron chi connectivity index (χ2n) is 4.61. The Hall–Kier alpha value is -1.39. The Morgan fingerprint density at radius 1 is 1.35 bits per heavy atom. The molecule has 0 aliphatic heterocycles. The number of rotatable bonds is 6. The van der Waals surface area contributed by atoms with Crippen molar-refractivity contribution in [2.75, 3.05) is 6.54 Å². The lowest BCUT2D eigenvalue weighted by Crippen LogP contribution is -2.45. The summed E-state index contributed by atoms with van der Waals surface area (Å²) in [6, 6.07) is 9.33. The maximum atomic E-state index is 10.4. The van der Waals surface area contributed by atoms with Crippen LogP contribution in [-0.2, 0) is 4.79 Å². The summed E-state index contributed by atoms with van der Waals surface area (Å²) in [7, 11) is 0. The molecule has 0 aliphatic carbocycles. The highest BCUT2D eigenvalue weighted by molar-refractivity contribution is 5.66. The Kier molecular flexibility index (Phi) is 4.66. The van der Waals surface area contributed by atoms with Crippen LogP contribution in [0.25, 0.3) is 0 Å². The van der Waals surface area contributed by atoms with Gasteiger partial charge in [0.1, 0.15) is 0 Å². The summed E-state index contributed by atoms with van der Waals surface area (Å²) in [5.74, 6) is -0.845. The van der Waals surface area contributed by atoms with Gasteiger partial charge >= 0.3 is 5.97 Å². The van der Waals surface area contributed by atoms with E-state index in [1.807, 2.05) is 44.2 Å². The zero-order valence-corrected chi connectivity index (χ0v) is 10.2. The third-order valence-electron chi connectivity index (χ3n) is 2.72. The number of carboxylic acid groups (broad SMARTS) is 1. The molecule has 1 atom stereocenters. The number of aliphatic hydroxyl groups is 1. The molecule has 0 spiro atoms. The minimum absolute atomic E-state index is 0.0466. The van der Waals surface area contributed by atoms with Gasteiger partial charge in [0, 0.05) is 12.1 Å². The van der Waals surface area contributed by atoms with Crippen molar-refractivity contribution in [3.8, 4) is 0 Å². The molecule has 0 heterocycles. The van der Waals surface area contributed by atoms with Crippen molar-refractivity contribution >= 4 is 5.97 Å². The first-order chi connectivity index (χ1) is 7.93. The molecule has 4 heteroatoms. The number of nitrogens with one attached hydrogen (secondary N) is 1.